The predicted molar refractivity (Wildman–Crippen MR) is 106 cm³/mol. The average molecular weight is 377 g/mol. The topological polar surface area (TPSA) is 3.88 Å². The zero-order valence-corrected chi connectivity index (χ0v) is 17.4. The van der Waals surface area contributed by atoms with E-state index in [1.165, 1.54) is 27.9 Å². The first kappa shape index (κ1) is 17.0. The Balaban J connectivity index is 2.05. The quantitative estimate of drug-likeness (QED) is 0.460. The van der Waals surface area contributed by atoms with Gasteiger partial charge in [0.1, 0.15) is 0 Å². The summed E-state index contributed by atoms with van der Waals surface area (Å²) in [5, 5.41) is 0. The fraction of sp³-hybridized carbons (Fsp3) is 0.227. The summed E-state index contributed by atoms with van der Waals surface area (Å²) < 4.78 is 3.75. The minimum atomic E-state index is -1.74. The third kappa shape index (κ3) is 3.46. The van der Waals surface area contributed by atoms with Crippen molar-refractivity contribution in [2.75, 3.05) is 0 Å². The summed E-state index contributed by atoms with van der Waals surface area (Å²) in [6.45, 7) is 2.17. The number of nitrogens with zero attached hydrogens (tertiary/aromatic N) is 1. The van der Waals surface area contributed by atoms with E-state index < -0.39 is 13.3 Å². The maximum absolute atomic E-state index is 2.44. The van der Waals surface area contributed by atoms with Gasteiger partial charge in [-0.05, 0) is 0 Å². The van der Waals surface area contributed by atoms with Crippen LogP contribution in [0.1, 0.15) is 5.56 Å². The van der Waals surface area contributed by atoms with Gasteiger partial charge in [-0.3, -0.25) is 0 Å². The Morgan fingerprint density at radius 1 is 0.792 bits per heavy atom. The van der Waals surface area contributed by atoms with Crippen LogP contribution >= 0.6 is 0 Å². The van der Waals surface area contributed by atoms with Crippen molar-refractivity contribution in [3.63, 3.8) is 0 Å². The van der Waals surface area contributed by atoms with Crippen molar-refractivity contribution in [2.24, 2.45) is 7.05 Å². The van der Waals surface area contributed by atoms with Gasteiger partial charge in [0.15, 0.2) is 0 Å². The third-order valence-electron chi connectivity index (χ3n) is 4.66. The number of pyridine rings is 1. The molecule has 0 amide bonds. The van der Waals surface area contributed by atoms with E-state index in [1.54, 1.807) is 4.40 Å². The number of hydrogen-bond acceptors (Lipinski definition) is 0. The first-order chi connectivity index (χ1) is 11.4. The zero-order valence-electron chi connectivity index (χ0n) is 15.3. The summed E-state index contributed by atoms with van der Waals surface area (Å²) in [7, 11) is 2.11. The molecule has 3 rings (SSSR count). The normalized spacial score (nSPS) is 11.5. The molecule has 0 aliphatic rings. The van der Waals surface area contributed by atoms with E-state index in [9.17, 15) is 0 Å². The molecule has 3 aromatic rings. The molecule has 0 N–H and O–H groups in total. The first-order valence-corrected chi connectivity index (χ1v) is 15.9. The average Bonchev–Trinajstić information content (AvgIpc) is 2.55. The summed E-state index contributed by atoms with van der Waals surface area (Å²) >= 11 is -1.74. The Morgan fingerprint density at radius 3 is 2.08 bits per heavy atom. The Bertz CT molecular complexity index is 858. The Labute approximate surface area is 148 Å². The standard InChI is InChI=1S/C22H26GeN/c1-17-8-6-7-9-21(17)22-16-19(14-15-24(22)5)18-10-12-20(13-11-18)23(2,3)4/h6-16H,1-5H3/q+1. The van der Waals surface area contributed by atoms with E-state index in [-0.39, 0.29) is 0 Å². The molecule has 2 aromatic carbocycles. The monoisotopic (exact) mass is 378 g/mol. The van der Waals surface area contributed by atoms with Crippen LogP contribution in [0.5, 0.6) is 0 Å². The fourth-order valence-corrected chi connectivity index (χ4v) is 5.49. The molecule has 0 aliphatic carbocycles. The van der Waals surface area contributed by atoms with Crippen molar-refractivity contribution >= 4 is 17.7 Å². The molecule has 0 unspecified atom stereocenters. The molecule has 122 valence electrons. The molecule has 0 atom stereocenters. The molecule has 0 fully saturated rings. The molecule has 0 radical (unpaired) electrons. The number of rotatable bonds is 3. The van der Waals surface area contributed by atoms with Crippen LogP contribution in [0.2, 0.25) is 17.3 Å². The van der Waals surface area contributed by atoms with E-state index in [0.717, 1.165) is 0 Å². The van der Waals surface area contributed by atoms with Crippen molar-refractivity contribution in [3.05, 3.63) is 72.4 Å². The van der Waals surface area contributed by atoms with Gasteiger partial charge in [0.05, 0.1) is 0 Å². The SMILES string of the molecule is Cc1ccccc1-c1cc(-c2cc[c]([Ge]([CH3])([CH3])[CH3])cc2)cc[n+]1C. The molecular weight excluding hydrogens is 351 g/mol. The Morgan fingerprint density at radius 2 is 1.46 bits per heavy atom. The molecule has 0 saturated heterocycles. The number of hydrogen-bond donors (Lipinski definition) is 0. The van der Waals surface area contributed by atoms with Crippen LogP contribution in [0.3, 0.4) is 0 Å². The molecule has 2 heteroatoms. The van der Waals surface area contributed by atoms with Gasteiger partial charge in [-0.1, -0.05) is 0 Å². The van der Waals surface area contributed by atoms with Crippen LogP contribution in [0.4, 0.5) is 0 Å². The molecule has 1 heterocycles. The van der Waals surface area contributed by atoms with Crippen molar-refractivity contribution in [2.45, 2.75) is 24.2 Å². The van der Waals surface area contributed by atoms with Crippen LogP contribution in [-0.2, 0) is 7.05 Å². The van der Waals surface area contributed by atoms with E-state index in [0.29, 0.717) is 0 Å². The number of benzene rings is 2. The van der Waals surface area contributed by atoms with E-state index in [4.69, 9.17) is 0 Å². The second-order valence-corrected chi connectivity index (χ2v) is 18.2. The van der Waals surface area contributed by atoms with Crippen LogP contribution in [0.15, 0.2) is 66.9 Å². The summed E-state index contributed by atoms with van der Waals surface area (Å²) in [4.78, 5) is 0. The second kappa shape index (κ2) is 6.56. The minimum absolute atomic E-state index is 1.25. The van der Waals surface area contributed by atoms with Crippen molar-refractivity contribution in [3.8, 4) is 22.4 Å². The molecule has 1 nitrogen and oxygen atoms in total. The molecular formula is C22H26GeN+. The molecule has 24 heavy (non-hydrogen) atoms. The maximum atomic E-state index is 2.44. The summed E-state index contributed by atoms with van der Waals surface area (Å²) in [5.41, 5.74) is 6.42. The van der Waals surface area contributed by atoms with Crippen LogP contribution in [-0.4, -0.2) is 13.3 Å². The Hall–Kier alpha value is -1.87. The predicted octanol–water partition coefficient (Wildman–Crippen LogP) is 4.70. The van der Waals surface area contributed by atoms with Crippen molar-refractivity contribution in [1.82, 2.24) is 0 Å². The number of aryl methyl sites for hydroxylation is 2. The fourth-order valence-electron chi connectivity index (χ4n) is 3.04. The first-order valence-electron chi connectivity index (χ1n) is 8.53. The summed E-state index contributed by atoms with van der Waals surface area (Å²) in [6.07, 6.45) is 2.16. The summed E-state index contributed by atoms with van der Waals surface area (Å²) in [6, 6.07) is 22.3. The van der Waals surface area contributed by atoms with E-state index in [2.05, 4.69) is 103 Å². The van der Waals surface area contributed by atoms with Gasteiger partial charge in [0, 0.05) is 0 Å². The molecule has 0 spiro atoms. The van der Waals surface area contributed by atoms with Gasteiger partial charge >= 0.3 is 148 Å². The van der Waals surface area contributed by atoms with E-state index in [1.807, 2.05) is 0 Å². The van der Waals surface area contributed by atoms with Crippen LogP contribution in [0.25, 0.3) is 22.4 Å². The molecule has 0 aliphatic heterocycles. The molecule has 0 saturated carbocycles. The van der Waals surface area contributed by atoms with Gasteiger partial charge < -0.3 is 0 Å². The molecule has 1 aromatic heterocycles. The van der Waals surface area contributed by atoms with Gasteiger partial charge in [0.25, 0.3) is 0 Å². The zero-order chi connectivity index (χ0) is 17.3. The Kier molecular flexibility index (Phi) is 4.64. The van der Waals surface area contributed by atoms with Crippen molar-refractivity contribution < 1.29 is 4.57 Å². The number of aromatic nitrogens is 1. The van der Waals surface area contributed by atoms with Gasteiger partial charge in [-0.15, -0.1) is 0 Å². The summed E-state index contributed by atoms with van der Waals surface area (Å²) in [5.74, 6) is 7.31. The van der Waals surface area contributed by atoms with Gasteiger partial charge in [-0.2, -0.15) is 0 Å². The third-order valence-corrected chi connectivity index (χ3v) is 8.99. The van der Waals surface area contributed by atoms with Crippen LogP contribution < -0.4 is 8.96 Å². The van der Waals surface area contributed by atoms with Gasteiger partial charge in [0.2, 0.25) is 0 Å². The molecule has 0 bridgehead atoms. The van der Waals surface area contributed by atoms with Gasteiger partial charge in [-0.25, -0.2) is 0 Å². The van der Waals surface area contributed by atoms with E-state index >= 15 is 0 Å². The van der Waals surface area contributed by atoms with Crippen LogP contribution in [0, 0.1) is 6.92 Å². The van der Waals surface area contributed by atoms with Crippen molar-refractivity contribution in [1.29, 1.82) is 0 Å². The second-order valence-electron chi connectivity index (χ2n) is 7.55.